The number of carbonyl (C=O) groups is 1. The summed E-state index contributed by atoms with van der Waals surface area (Å²) in [5.74, 6) is 0.489. The largest absolute Gasteiger partial charge is 0.379 e. The molecule has 0 bridgehead atoms. The molecule has 0 spiro atoms. The van der Waals surface area contributed by atoms with Crippen LogP contribution in [-0.2, 0) is 14.3 Å². The van der Waals surface area contributed by atoms with Gasteiger partial charge in [0.2, 0.25) is 5.91 Å². The highest BCUT2D eigenvalue weighted by Gasteiger charge is 2.25. The normalized spacial score (nSPS) is 20.8. The highest BCUT2D eigenvalue weighted by atomic mass is 35.5. The van der Waals surface area contributed by atoms with Crippen molar-refractivity contribution in [3.8, 4) is 0 Å². The van der Waals surface area contributed by atoms with E-state index < -0.39 is 0 Å². The molecule has 5 nitrogen and oxygen atoms in total. The number of likely N-dealkylation sites (tertiary alicyclic amines) is 1. The molecule has 1 aliphatic heterocycles. The standard InChI is InChI=1S/C13H26N2O3.ClH/c1-3-17-7-8-18-10-13(16)15-6-4-5-12(9-15)11(2)14;/h11-12H,3-10,14H2,1-2H3;1H. The van der Waals surface area contributed by atoms with Gasteiger partial charge in [0.05, 0.1) is 13.2 Å². The van der Waals surface area contributed by atoms with Crippen molar-refractivity contribution in [1.82, 2.24) is 4.90 Å². The average molecular weight is 295 g/mol. The van der Waals surface area contributed by atoms with Crippen molar-refractivity contribution in [1.29, 1.82) is 0 Å². The predicted octanol–water partition coefficient (Wildman–Crippen LogP) is 1.05. The smallest absolute Gasteiger partial charge is 0.248 e. The van der Waals surface area contributed by atoms with E-state index >= 15 is 0 Å². The fourth-order valence-electron chi connectivity index (χ4n) is 2.18. The van der Waals surface area contributed by atoms with Crippen LogP contribution >= 0.6 is 12.4 Å². The zero-order valence-corrected chi connectivity index (χ0v) is 12.8. The van der Waals surface area contributed by atoms with Crippen LogP contribution in [0.1, 0.15) is 26.7 Å². The van der Waals surface area contributed by atoms with Gasteiger partial charge >= 0.3 is 0 Å². The molecular formula is C13H27ClN2O3. The van der Waals surface area contributed by atoms with Crippen LogP contribution in [0.3, 0.4) is 0 Å². The number of carbonyl (C=O) groups excluding carboxylic acids is 1. The monoisotopic (exact) mass is 294 g/mol. The Morgan fingerprint density at radius 1 is 1.42 bits per heavy atom. The fourth-order valence-corrected chi connectivity index (χ4v) is 2.18. The third-order valence-corrected chi connectivity index (χ3v) is 3.36. The van der Waals surface area contributed by atoms with Crippen molar-refractivity contribution >= 4 is 18.3 Å². The summed E-state index contributed by atoms with van der Waals surface area (Å²) in [6.07, 6.45) is 2.16. The Morgan fingerprint density at radius 2 is 2.11 bits per heavy atom. The highest BCUT2D eigenvalue weighted by Crippen LogP contribution is 2.18. The number of ether oxygens (including phenoxy) is 2. The minimum atomic E-state index is 0. The molecule has 1 aliphatic rings. The average Bonchev–Trinajstić information content (AvgIpc) is 2.38. The third-order valence-electron chi connectivity index (χ3n) is 3.36. The van der Waals surface area contributed by atoms with E-state index in [0.29, 0.717) is 25.7 Å². The van der Waals surface area contributed by atoms with E-state index in [4.69, 9.17) is 15.2 Å². The lowest BCUT2D eigenvalue weighted by atomic mass is 9.92. The van der Waals surface area contributed by atoms with Crippen LogP contribution in [0.4, 0.5) is 0 Å². The first kappa shape index (κ1) is 18.6. The minimum Gasteiger partial charge on any atom is -0.379 e. The van der Waals surface area contributed by atoms with Gasteiger partial charge in [0.15, 0.2) is 0 Å². The summed E-state index contributed by atoms with van der Waals surface area (Å²) >= 11 is 0. The first-order valence-corrected chi connectivity index (χ1v) is 6.84. The zero-order valence-electron chi connectivity index (χ0n) is 12.0. The summed E-state index contributed by atoms with van der Waals surface area (Å²) in [7, 11) is 0. The molecule has 1 saturated heterocycles. The molecule has 2 atom stereocenters. The van der Waals surface area contributed by atoms with Gasteiger partial charge in [-0.1, -0.05) is 0 Å². The maximum absolute atomic E-state index is 11.9. The van der Waals surface area contributed by atoms with E-state index in [9.17, 15) is 4.79 Å². The molecular weight excluding hydrogens is 268 g/mol. The Balaban J connectivity index is 0.00000324. The number of hydrogen-bond acceptors (Lipinski definition) is 4. The molecule has 1 amide bonds. The lowest BCUT2D eigenvalue weighted by molar-refractivity contribution is -0.138. The number of nitrogens with two attached hydrogens (primary N) is 1. The summed E-state index contributed by atoms with van der Waals surface area (Å²) in [5.41, 5.74) is 5.90. The Hall–Kier alpha value is -0.360. The predicted molar refractivity (Wildman–Crippen MR) is 77.5 cm³/mol. The van der Waals surface area contributed by atoms with Crippen LogP contribution in [0.2, 0.25) is 0 Å². The number of amides is 1. The molecule has 2 unspecified atom stereocenters. The molecule has 0 aromatic carbocycles. The Morgan fingerprint density at radius 3 is 2.74 bits per heavy atom. The number of piperidine rings is 1. The summed E-state index contributed by atoms with van der Waals surface area (Å²) in [5, 5.41) is 0. The van der Waals surface area contributed by atoms with E-state index in [1.54, 1.807) is 0 Å². The lowest BCUT2D eigenvalue weighted by Crippen LogP contribution is -2.46. The number of rotatable bonds is 7. The van der Waals surface area contributed by atoms with Gasteiger partial charge in [-0.3, -0.25) is 4.79 Å². The fraction of sp³-hybridized carbons (Fsp3) is 0.923. The van der Waals surface area contributed by atoms with Crippen molar-refractivity contribution in [2.75, 3.05) is 39.5 Å². The first-order valence-electron chi connectivity index (χ1n) is 6.84. The van der Waals surface area contributed by atoms with E-state index in [1.807, 2.05) is 18.7 Å². The topological polar surface area (TPSA) is 64.8 Å². The molecule has 19 heavy (non-hydrogen) atoms. The molecule has 2 N–H and O–H groups in total. The molecule has 1 heterocycles. The van der Waals surface area contributed by atoms with Crippen molar-refractivity contribution in [2.24, 2.45) is 11.7 Å². The Kier molecular flexibility index (Phi) is 10.2. The lowest BCUT2D eigenvalue weighted by Gasteiger charge is -2.34. The van der Waals surface area contributed by atoms with E-state index in [1.165, 1.54) is 0 Å². The van der Waals surface area contributed by atoms with Gasteiger partial charge in [0.25, 0.3) is 0 Å². The van der Waals surface area contributed by atoms with Crippen LogP contribution in [-0.4, -0.2) is 56.4 Å². The van der Waals surface area contributed by atoms with Gasteiger partial charge in [-0.15, -0.1) is 12.4 Å². The zero-order chi connectivity index (χ0) is 13.4. The minimum absolute atomic E-state index is 0. The SMILES string of the molecule is CCOCCOCC(=O)N1CCCC(C(C)N)C1.Cl. The quantitative estimate of drug-likeness (QED) is 0.713. The van der Waals surface area contributed by atoms with Crippen molar-refractivity contribution in [3.05, 3.63) is 0 Å². The second kappa shape index (κ2) is 10.4. The second-order valence-corrected chi connectivity index (χ2v) is 4.85. The molecule has 1 rings (SSSR count). The van der Waals surface area contributed by atoms with Crippen LogP contribution < -0.4 is 5.73 Å². The van der Waals surface area contributed by atoms with Gasteiger partial charge in [0, 0.05) is 25.7 Å². The van der Waals surface area contributed by atoms with Crippen molar-refractivity contribution in [3.63, 3.8) is 0 Å². The van der Waals surface area contributed by atoms with Crippen molar-refractivity contribution < 1.29 is 14.3 Å². The molecule has 114 valence electrons. The van der Waals surface area contributed by atoms with Crippen LogP contribution in [0, 0.1) is 5.92 Å². The summed E-state index contributed by atoms with van der Waals surface area (Å²) < 4.78 is 10.4. The molecule has 0 aliphatic carbocycles. The summed E-state index contributed by atoms with van der Waals surface area (Å²) in [6.45, 7) is 7.40. The van der Waals surface area contributed by atoms with Gasteiger partial charge < -0.3 is 20.1 Å². The van der Waals surface area contributed by atoms with E-state index in [2.05, 4.69) is 0 Å². The van der Waals surface area contributed by atoms with Crippen molar-refractivity contribution in [2.45, 2.75) is 32.7 Å². The van der Waals surface area contributed by atoms with Gasteiger partial charge in [0.1, 0.15) is 6.61 Å². The van der Waals surface area contributed by atoms with Crippen LogP contribution in [0.15, 0.2) is 0 Å². The first-order chi connectivity index (χ1) is 8.65. The molecule has 1 fully saturated rings. The summed E-state index contributed by atoms with van der Waals surface area (Å²) in [4.78, 5) is 13.8. The molecule has 0 radical (unpaired) electrons. The second-order valence-electron chi connectivity index (χ2n) is 4.85. The molecule has 0 aromatic rings. The maximum atomic E-state index is 11.9. The number of hydrogen-bond donors (Lipinski definition) is 1. The number of halogens is 1. The molecule has 0 saturated carbocycles. The Labute approximate surface area is 122 Å². The van der Waals surface area contributed by atoms with Gasteiger partial charge in [-0.25, -0.2) is 0 Å². The maximum Gasteiger partial charge on any atom is 0.248 e. The highest BCUT2D eigenvalue weighted by molar-refractivity contribution is 5.85. The molecule has 0 aromatic heterocycles. The van der Waals surface area contributed by atoms with E-state index in [-0.39, 0.29) is 31.0 Å². The Bertz CT molecular complexity index is 252. The van der Waals surface area contributed by atoms with Crippen LogP contribution in [0.5, 0.6) is 0 Å². The van der Waals surface area contributed by atoms with Gasteiger partial charge in [-0.2, -0.15) is 0 Å². The number of nitrogens with zero attached hydrogens (tertiary/aromatic N) is 1. The van der Waals surface area contributed by atoms with Gasteiger partial charge in [-0.05, 0) is 32.6 Å². The summed E-state index contributed by atoms with van der Waals surface area (Å²) in [6, 6.07) is 0.152. The molecule has 6 heteroatoms. The van der Waals surface area contributed by atoms with Crippen LogP contribution in [0.25, 0.3) is 0 Å². The third kappa shape index (κ3) is 7.11. The van der Waals surface area contributed by atoms with E-state index in [0.717, 1.165) is 25.9 Å².